The van der Waals surface area contributed by atoms with E-state index < -0.39 is 23.5 Å². The molecular weight excluding hydrogens is 561 g/mol. The molecule has 7 nitrogen and oxygen atoms in total. The van der Waals surface area contributed by atoms with Gasteiger partial charge in [0.2, 0.25) is 0 Å². The number of nitrogens with zero attached hydrogens (tertiary/aromatic N) is 1. The highest BCUT2D eigenvalue weighted by atomic mass is 35.5. The second kappa shape index (κ2) is 11.4. The van der Waals surface area contributed by atoms with Crippen LogP contribution in [0.5, 0.6) is 5.75 Å². The van der Waals surface area contributed by atoms with Crippen molar-refractivity contribution in [1.82, 2.24) is 0 Å². The minimum atomic E-state index is -1.30. The lowest BCUT2D eigenvalue weighted by Crippen LogP contribution is -2.31. The Bertz CT molecular complexity index is 1510. The zero-order chi connectivity index (χ0) is 30.5. The molecule has 2 aromatic carbocycles. The summed E-state index contributed by atoms with van der Waals surface area (Å²) in [7, 11) is 1.53. The molecule has 0 aromatic heterocycles. The lowest BCUT2D eigenvalue weighted by atomic mass is 9.73. The number of carboxylic acid groups (broad SMARTS) is 1. The van der Waals surface area contributed by atoms with E-state index in [2.05, 4.69) is 0 Å². The van der Waals surface area contributed by atoms with Gasteiger partial charge in [0.15, 0.2) is 11.9 Å². The van der Waals surface area contributed by atoms with Crippen molar-refractivity contribution in [3.8, 4) is 5.75 Å². The second-order valence-electron chi connectivity index (χ2n) is 12.2. The number of amides is 1. The van der Waals surface area contributed by atoms with Gasteiger partial charge in [0.05, 0.1) is 29.9 Å². The Morgan fingerprint density at radius 1 is 1.24 bits per heavy atom. The van der Waals surface area contributed by atoms with Crippen LogP contribution in [0.2, 0.25) is 5.02 Å². The van der Waals surface area contributed by atoms with Crippen LogP contribution in [-0.4, -0.2) is 42.8 Å². The van der Waals surface area contributed by atoms with Gasteiger partial charge in [-0.25, -0.2) is 9.18 Å². The molecule has 0 saturated carbocycles. The summed E-state index contributed by atoms with van der Waals surface area (Å²) in [6, 6.07) is 6.76. The van der Waals surface area contributed by atoms with Crippen LogP contribution >= 0.6 is 11.6 Å². The number of ether oxygens (including phenoxy) is 3. The molecule has 2 aromatic rings. The number of allylic oxidation sites excluding steroid dienone is 4. The number of carboxylic acids is 1. The Morgan fingerprint density at radius 3 is 2.62 bits per heavy atom. The van der Waals surface area contributed by atoms with Crippen molar-refractivity contribution in [2.75, 3.05) is 25.2 Å². The van der Waals surface area contributed by atoms with Crippen molar-refractivity contribution in [2.45, 2.75) is 65.6 Å². The summed E-state index contributed by atoms with van der Waals surface area (Å²) in [5.41, 5.74) is 3.49. The number of rotatable bonds is 6. The molecule has 3 aliphatic rings. The summed E-state index contributed by atoms with van der Waals surface area (Å²) in [6.07, 6.45) is 2.24. The molecule has 1 amide bonds. The molecule has 1 N–H and O–H groups in total. The first-order valence-corrected chi connectivity index (χ1v) is 14.7. The molecule has 5 rings (SSSR count). The fourth-order valence-corrected chi connectivity index (χ4v) is 6.66. The molecular formula is C33H37ClFNO6. The van der Waals surface area contributed by atoms with Crippen LogP contribution in [0.15, 0.2) is 41.9 Å². The van der Waals surface area contributed by atoms with E-state index in [0.29, 0.717) is 64.6 Å². The van der Waals surface area contributed by atoms with E-state index in [1.165, 1.54) is 13.2 Å². The van der Waals surface area contributed by atoms with Gasteiger partial charge in [-0.1, -0.05) is 18.5 Å². The van der Waals surface area contributed by atoms with Crippen LogP contribution in [-0.2, 0) is 20.7 Å². The maximum Gasteiger partial charge on any atom is 0.337 e. The topological polar surface area (TPSA) is 85.3 Å². The van der Waals surface area contributed by atoms with Crippen molar-refractivity contribution in [3.05, 3.63) is 74.8 Å². The van der Waals surface area contributed by atoms with Crippen molar-refractivity contribution in [2.24, 2.45) is 11.8 Å². The number of methoxy groups -OCH3 is 1. The lowest BCUT2D eigenvalue weighted by molar-refractivity contribution is -0.160. The summed E-state index contributed by atoms with van der Waals surface area (Å²) >= 11 is 6.48. The number of halogens is 2. The molecule has 9 heteroatoms. The molecule has 2 heterocycles. The smallest absolute Gasteiger partial charge is 0.337 e. The number of carbonyl (C=O) groups is 2. The fraction of sp³-hybridized carbons (Fsp3) is 0.455. The minimum Gasteiger partial charge on any atom is -0.497 e. The first kappa shape index (κ1) is 30.1. The molecule has 1 saturated heterocycles. The van der Waals surface area contributed by atoms with E-state index in [9.17, 15) is 14.7 Å². The number of fused-ring (bicyclic) bond motifs is 2. The third-order valence-corrected chi connectivity index (χ3v) is 8.61. The van der Waals surface area contributed by atoms with Crippen LogP contribution in [0, 0.1) is 18.8 Å². The van der Waals surface area contributed by atoms with Gasteiger partial charge in [0, 0.05) is 23.7 Å². The monoisotopic (exact) mass is 597 g/mol. The number of aryl methyl sites for hydroxylation is 1. The summed E-state index contributed by atoms with van der Waals surface area (Å²) in [5, 5.41) is 10.7. The highest BCUT2D eigenvalue weighted by Crippen LogP contribution is 2.50. The SMILES string of the molecule is COc1ccc(C(=O)N2CCc3c2cc(C)c([C@H](OC(C)(C)C)C(=O)O)c3C2=CC(F)=C3OCCCC3C2C)c(Cl)c1. The van der Waals surface area contributed by atoms with E-state index in [1.54, 1.807) is 43.9 Å². The summed E-state index contributed by atoms with van der Waals surface area (Å²) < 4.78 is 32.7. The molecule has 1 aliphatic carbocycles. The third kappa shape index (κ3) is 5.42. The van der Waals surface area contributed by atoms with Crippen molar-refractivity contribution >= 4 is 34.7 Å². The van der Waals surface area contributed by atoms with E-state index in [1.807, 2.05) is 19.9 Å². The maximum absolute atomic E-state index is 15.6. The molecule has 3 atom stereocenters. The number of benzene rings is 2. The zero-order valence-corrected chi connectivity index (χ0v) is 25.6. The average molecular weight is 598 g/mol. The quantitative estimate of drug-likeness (QED) is 0.372. The molecule has 0 radical (unpaired) electrons. The van der Waals surface area contributed by atoms with E-state index in [4.69, 9.17) is 25.8 Å². The van der Waals surface area contributed by atoms with Crippen LogP contribution in [0.4, 0.5) is 10.1 Å². The molecule has 2 aliphatic heterocycles. The van der Waals surface area contributed by atoms with Gasteiger partial charge >= 0.3 is 5.97 Å². The first-order valence-electron chi connectivity index (χ1n) is 14.3. The second-order valence-corrected chi connectivity index (χ2v) is 12.6. The normalized spacial score (nSPS) is 20.9. The molecule has 224 valence electrons. The number of hydrogen-bond acceptors (Lipinski definition) is 5. The van der Waals surface area contributed by atoms with Gasteiger partial charge in [0.25, 0.3) is 5.91 Å². The predicted molar refractivity (Wildman–Crippen MR) is 160 cm³/mol. The molecule has 1 fully saturated rings. The van der Waals surface area contributed by atoms with Gasteiger partial charge in [-0.05, 0) is 105 Å². The summed E-state index contributed by atoms with van der Waals surface area (Å²) in [6.45, 7) is 10.1. The fourth-order valence-electron chi connectivity index (χ4n) is 6.40. The standard InChI is InChI=1S/C33H37ClFNO6/c1-17-14-26-22(11-12-36(26)31(37)21-10-9-19(40-6)15-24(21)34)28(27(17)30(32(38)39)42-33(3,4)5)23-16-25(35)29-20(18(23)2)8-7-13-41-29/h9-10,14-16,18,20,30H,7-8,11-13H2,1-6H3,(H,38,39)/t18?,20?,30-/m0/s1. The predicted octanol–water partition coefficient (Wildman–Crippen LogP) is 7.44. The number of anilines is 1. The lowest BCUT2D eigenvalue weighted by Gasteiger charge is -2.37. The van der Waals surface area contributed by atoms with E-state index >= 15 is 4.39 Å². The van der Waals surface area contributed by atoms with Gasteiger partial charge in [-0.15, -0.1) is 0 Å². The largest absolute Gasteiger partial charge is 0.497 e. The van der Waals surface area contributed by atoms with Gasteiger partial charge in [-0.2, -0.15) is 0 Å². The molecule has 0 spiro atoms. The third-order valence-electron chi connectivity index (χ3n) is 8.30. The maximum atomic E-state index is 15.6. The van der Waals surface area contributed by atoms with Crippen molar-refractivity contribution in [1.29, 1.82) is 0 Å². The van der Waals surface area contributed by atoms with Crippen LogP contribution in [0.3, 0.4) is 0 Å². The van der Waals surface area contributed by atoms with Gasteiger partial charge < -0.3 is 24.2 Å². The van der Waals surface area contributed by atoms with Crippen molar-refractivity contribution in [3.63, 3.8) is 0 Å². The highest BCUT2D eigenvalue weighted by molar-refractivity contribution is 6.34. The molecule has 2 unspecified atom stereocenters. The summed E-state index contributed by atoms with van der Waals surface area (Å²) in [5.74, 6) is -1.24. The first-order chi connectivity index (χ1) is 19.8. The minimum absolute atomic E-state index is 0.144. The number of carbonyl (C=O) groups excluding carboxylic acids is 1. The Hall–Kier alpha value is -3.36. The molecule has 0 bridgehead atoms. The number of aliphatic carboxylic acids is 1. The van der Waals surface area contributed by atoms with E-state index in [-0.39, 0.29) is 22.8 Å². The Balaban J connectivity index is 1.72. The average Bonchev–Trinajstić information content (AvgIpc) is 3.35. The summed E-state index contributed by atoms with van der Waals surface area (Å²) in [4.78, 5) is 28.2. The van der Waals surface area contributed by atoms with Crippen LogP contribution < -0.4 is 9.64 Å². The Morgan fingerprint density at radius 2 is 1.98 bits per heavy atom. The number of hydrogen-bond donors (Lipinski definition) is 1. The zero-order valence-electron chi connectivity index (χ0n) is 24.8. The van der Waals surface area contributed by atoms with Gasteiger partial charge in [0.1, 0.15) is 11.5 Å². The highest BCUT2D eigenvalue weighted by Gasteiger charge is 2.41. The Labute approximate surface area is 250 Å². The van der Waals surface area contributed by atoms with Crippen LogP contribution in [0.25, 0.3) is 5.57 Å². The van der Waals surface area contributed by atoms with Crippen LogP contribution in [0.1, 0.15) is 79.3 Å². The Kier molecular flexibility index (Phi) is 8.16. The van der Waals surface area contributed by atoms with E-state index in [0.717, 1.165) is 18.4 Å². The van der Waals surface area contributed by atoms with Crippen molar-refractivity contribution < 1.29 is 33.3 Å². The van der Waals surface area contributed by atoms with Gasteiger partial charge in [-0.3, -0.25) is 4.79 Å². The molecule has 42 heavy (non-hydrogen) atoms.